The van der Waals surface area contributed by atoms with E-state index in [1.165, 1.54) is 0 Å². The van der Waals surface area contributed by atoms with Gasteiger partial charge in [0.25, 0.3) is 0 Å². The fourth-order valence-corrected chi connectivity index (χ4v) is 1.40. The zero-order valence-corrected chi connectivity index (χ0v) is 9.44. The molecule has 1 aromatic heterocycles. The van der Waals surface area contributed by atoms with Crippen LogP contribution in [-0.2, 0) is 11.2 Å². The van der Waals surface area contributed by atoms with Gasteiger partial charge in [0.1, 0.15) is 6.10 Å². The predicted octanol–water partition coefficient (Wildman–Crippen LogP) is 1.47. The van der Waals surface area contributed by atoms with E-state index in [4.69, 9.17) is 10.5 Å². The van der Waals surface area contributed by atoms with Crippen molar-refractivity contribution in [3.05, 3.63) is 23.8 Å². The molecular weight excluding hydrogens is 190 g/mol. The molecule has 2 N–H and O–H groups in total. The molecule has 0 radical (unpaired) electrons. The lowest BCUT2D eigenvalue weighted by molar-refractivity contribution is 0.0534. The van der Waals surface area contributed by atoms with Gasteiger partial charge in [-0.2, -0.15) is 0 Å². The summed E-state index contributed by atoms with van der Waals surface area (Å²) in [5.74, 6) is 0.764. The van der Waals surface area contributed by atoms with Crippen molar-refractivity contribution in [2.75, 3.05) is 13.2 Å². The predicted molar refractivity (Wildman–Crippen MR) is 59.4 cm³/mol. The quantitative estimate of drug-likeness (QED) is 0.770. The van der Waals surface area contributed by atoms with Crippen molar-refractivity contribution in [1.82, 2.24) is 9.97 Å². The summed E-state index contributed by atoms with van der Waals surface area (Å²) < 4.78 is 5.53. The molecule has 4 nitrogen and oxygen atoms in total. The summed E-state index contributed by atoms with van der Waals surface area (Å²) in [5, 5.41) is 0. The second kappa shape index (κ2) is 6.48. The molecule has 15 heavy (non-hydrogen) atoms. The summed E-state index contributed by atoms with van der Waals surface area (Å²) in [6.45, 7) is 5.36. The first-order chi connectivity index (χ1) is 7.31. The summed E-state index contributed by atoms with van der Waals surface area (Å²) in [5.41, 5.74) is 6.53. The van der Waals surface area contributed by atoms with Crippen LogP contribution in [0, 0.1) is 0 Å². The van der Waals surface area contributed by atoms with Crippen LogP contribution in [0.15, 0.2) is 12.4 Å². The fourth-order valence-electron chi connectivity index (χ4n) is 1.40. The Morgan fingerprint density at radius 1 is 1.33 bits per heavy atom. The first-order valence-electron chi connectivity index (χ1n) is 5.44. The second-order valence-corrected chi connectivity index (χ2v) is 3.34. The highest BCUT2D eigenvalue weighted by Gasteiger charge is 2.11. The normalized spacial score (nSPS) is 12.7. The molecule has 1 atom stereocenters. The van der Waals surface area contributed by atoms with Gasteiger partial charge in [-0.15, -0.1) is 0 Å². The van der Waals surface area contributed by atoms with Crippen LogP contribution in [0.4, 0.5) is 0 Å². The molecule has 0 aliphatic rings. The van der Waals surface area contributed by atoms with E-state index < -0.39 is 0 Å². The first kappa shape index (κ1) is 12.1. The number of nitrogens with zero attached hydrogens (tertiary/aromatic N) is 2. The van der Waals surface area contributed by atoms with Crippen LogP contribution in [-0.4, -0.2) is 23.1 Å². The molecule has 0 aliphatic heterocycles. The Hall–Kier alpha value is -1.00. The van der Waals surface area contributed by atoms with Crippen molar-refractivity contribution in [3.63, 3.8) is 0 Å². The van der Waals surface area contributed by atoms with Crippen molar-refractivity contribution in [2.45, 2.75) is 32.8 Å². The fraction of sp³-hybridized carbons (Fsp3) is 0.636. The lowest BCUT2D eigenvalue weighted by Gasteiger charge is -2.13. The Bertz CT molecular complexity index is 274. The van der Waals surface area contributed by atoms with E-state index in [9.17, 15) is 0 Å². The number of hydrogen-bond donors (Lipinski definition) is 1. The molecule has 0 bridgehead atoms. The van der Waals surface area contributed by atoms with Crippen LogP contribution in [0.5, 0.6) is 0 Å². The average molecular weight is 209 g/mol. The van der Waals surface area contributed by atoms with E-state index >= 15 is 0 Å². The highest BCUT2D eigenvalue weighted by Crippen LogP contribution is 2.16. The minimum Gasteiger partial charge on any atom is -0.371 e. The maximum atomic E-state index is 5.53. The average Bonchev–Trinajstić information content (AvgIpc) is 2.28. The van der Waals surface area contributed by atoms with E-state index in [0.717, 1.165) is 24.2 Å². The molecule has 0 spiro atoms. The molecule has 4 heteroatoms. The summed E-state index contributed by atoms with van der Waals surface area (Å²) in [6, 6.07) is 0. The molecule has 1 unspecified atom stereocenters. The first-order valence-corrected chi connectivity index (χ1v) is 5.44. The van der Waals surface area contributed by atoms with Crippen molar-refractivity contribution >= 4 is 0 Å². The van der Waals surface area contributed by atoms with Crippen molar-refractivity contribution < 1.29 is 4.74 Å². The summed E-state index contributed by atoms with van der Waals surface area (Å²) >= 11 is 0. The Morgan fingerprint density at radius 3 is 2.47 bits per heavy atom. The molecule has 0 aliphatic carbocycles. The van der Waals surface area contributed by atoms with Crippen LogP contribution in [0.1, 0.15) is 37.8 Å². The van der Waals surface area contributed by atoms with E-state index in [0.29, 0.717) is 13.2 Å². The summed E-state index contributed by atoms with van der Waals surface area (Å²) in [6.07, 6.45) is 5.39. The number of aromatic nitrogens is 2. The van der Waals surface area contributed by atoms with Crippen LogP contribution < -0.4 is 5.73 Å². The molecule has 1 aromatic rings. The van der Waals surface area contributed by atoms with E-state index in [1.54, 1.807) is 0 Å². The van der Waals surface area contributed by atoms with Gasteiger partial charge in [-0.25, -0.2) is 9.97 Å². The lowest BCUT2D eigenvalue weighted by atomic mass is 10.2. The molecular formula is C11H19N3O. The summed E-state index contributed by atoms with van der Waals surface area (Å²) in [7, 11) is 0. The largest absolute Gasteiger partial charge is 0.371 e. The molecule has 0 amide bonds. The Balaban J connectivity index is 2.68. The number of nitrogens with two attached hydrogens (primary N) is 1. The second-order valence-electron chi connectivity index (χ2n) is 3.34. The van der Waals surface area contributed by atoms with Gasteiger partial charge in [-0.3, -0.25) is 0 Å². The van der Waals surface area contributed by atoms with Gasteiger partial charge in [-0.05, 0) is 31.9 Å². The maximum absolute atomic E-state index is 5.53. The van der Waals surface area contributed by atoms with Crippen LogP contribution in [0.25, 0.3) is 0 Å². The van der Waals surface area contributed by atoms with Crippen molar-refractivity contribution in [2.24, 2.45) is 5.73 Å². The van der Waals surface area contributed by atoms with E-state index in [-0.39, 0.29) is 6.10 Å². The minimum atomic E-state index is 0.0157. The topological polar surface area (TPSA) is 61.0 Å². The zero-order chi connectivity index (χ0) is 11.1. The molecule has 84 valence electrons. The standard InChI is InChI=1S/C11H19N3O/c1-3-10(15-4-2)11-13-7-9(5-6-12)8-14-11/h7-8,10H,3-6,12H2,1-2H3. The van der Waals surface area contributed by atoms with Gasteiger partial charge in [0.15, 0.2) is 5.82 Å². The van der Waals surface area contributed by atoms with Gasteiger partial charge in [-0.1, -0.05) is 6.92 Å². The van der Waals surface area contributed by atoms with Crippen molar-refractivity contribution in [3.8, 4) is 0 Å². The Kier molecular flexibility index (Phi) is 5.21. The Labute approximate surface area is 90.9 Å². The van der Waals surface area contributed by atoms with Gasteiger partial charge in [0.2, 0.25) is 0 Å². The molecule has 0 saturated heterocycles. The highest BCUT2D eigenvalue weighted by molar-refractivity contribution is 5.06. The Morgan fingerprint density at radius 2 is 2.00 bits per heavy atom. The molecule has 1 heterocycles. The highest BCUT2D eigenvalue weighted by atomic mass is 16.5. The summed E-state index contributed by atoms with van der Waals surface area (Å²) in [4.78, 5) is 8.59. The van der Waals surface area contributed by atoms with Gasteiger partial charge in [0, 0.05) is 19.0 Å². The van der Waals surface area contributed by atoms with E-state index in [2.05, 4.69) is 16.9 Å². The lowest BCUT2D eigenvalue weighted by Crippen LogP contribution is -2.09. The third kappa shape index (κ3) is 3.57. The monoisotopic (exact) mass is 209 g/mol. The number of hydrogen-bond acceptors (Lipinski definition) is 4. The molecule has 1 rings (SSSR count). The molecule has 0 aromatic carbocycles. The van der Waals surface area contributed by atoms with Gasteiger partial charge < -0.3 is 10.5 Å². The van der Waals surface area contributed by atoms with Crippen LogP contribution >= 0.6 is 0 Å². The van der Waals surface area contributed by atoms with Crippen LogP contribution in [0.3, 0.4) is 0 Å². The zero-order valence-electron chi connectivity index (χ0n) is 9.44. The van der Waals surface area contributed by atoms with Crippen LogP contribution in [0.2, 0.25) is 0 Å². The van der Waals surface area contributed by atoms with Crippen molar-refractivity contribution in [1.29, 1.82) is 0 Å². The molecule has 0 saturated carbocycles. The minimum absolute atomic E-state index is 0.0157. The molecule has 0 fully saturated rings. The number of ether oxygens (including phenoxy) is 1. The van der Waals surface area contributed by atoms with Gasteiger partial charge >= 0.3 is 0 Å². The SMILES string of the molecule is CCOC(CC)c1ncc(CCN)cn1. The van der Waals surface area contributed by atoms with Gasteiger partial charge in [0.05, 0.1) is 0 Å². The maximum Gasteiger partial charge on any atom is 0.157 e. The van der Waals surface area contributed by atoms with E-state index in [1.807, 2.05) is 19.3 Å². The smallest absolute Gasteiger partial charge is 0.157 e. The third-order valence-electron chi connectivity index (χ3n) is 2.18. The third-order valence-corrected chi connectivity index (χ3v) is 2.18. The number of rotatable bonds is 6.